The Labute approximate surface area is 185 Å². The van der Waals surface area contributed by atoms with Gasteiger partial charge in [-0.2, -0.15) is 0 Å². The van der Waals surface area contributed by atoms with E-state index in [1.807, 2.05) is 25.1 Å². The number of carboxylic acids is 1. The van der Waals surface area contributed by atoms with E-state index in [0.29, 0.717) is 11.5 Å². The molecule has 0 fully saturated rings. The van der Waals surface area contributed by atoms with Crippen LogP contribution < -0.4 is 9.47 Å². The first-order valence-electron chi connectivity index (χ1n) is 10.0. The SMILES string of the molecule is COc1ccc2c(Oc3ccc(C=CC(=O)O)cc3)c(-c3ccc(F)cc3)c(C)cc2c1. The molecule has 0 unspecified atom stereocenters. The Morgan fingerprint density at radius 3 is 2.28 bits per heavy atom. The highest BCUT2D eigenvalue weighted by Gasteiger charge is 2.16. The second kappa shape index (κ2) is 8.94. The largest absolute Gasteiger partial charge is 0.497 e. The van der Waals surface area contributed by atoms with E-state index in [1.54, 1.807) is 43.5 Å². The number of hydrogen-bond acceptors (Lipinski definition) is 3. The second-order valence-electron chi connectivity index (χ2n) is 7.33. The fraction of sp³-hybridized carbons (Fsp3) is 0.0741. The van der Waals surface area contributed by atoms with Crippen LogP contribution in [0.1, 0.15) is 11.1 Å². The van der Waals surface area contributed by atoms with Gasteiger partial charge in [0.05, 0.1) is 7.11 Å². The van der Waals surface area contributed by atoms with Crippen LogP contribution in [0.15, 0.2) is 78.9 Å². The van der Waals surface area contributed by atoms with Gasteiger partial charge in [0.2, 0.25) is 0 Å². The maximum Gasteiger partial charge on any atom is 0.328 e. The minimum atomic E-state index is -1.00. The molecule has 0 aromatic heterocycles. The van der Waals surface area contributed by atoms with Crippen LogP contribution in [0.3, 0.4) is 0 Å². The standard InChI is InChI=1S/C27H21FO4/c1-17-15-20-16-23(31-2)12-13-24(20)27(26(17)19-6-8-21(28)9-7-19)32-22-10-3-18(4-11-22)5-14-25(29)30/h3-16H,1-2H3,(H,29,30). The summed E-state index contributed by atoms with van der Waals surface area (Å²) >= 11 is 0. The summed E-state index contributed by atoms with van der Waals surface area (Å²) in [4.78, 5) is 10.7. The molecule has 0 aliphatic rings. The molecule has 0 saturated carbocycles. The van der Waals surface area contributed by atoms with Crippen molar-refractivity contribution in [2.24, 2.45) is 0 Å². The van der Waals surface area contributed by atoms with Crippen LogP contribution in [-0.4, -0.2) is 18.2 Å². The fourth-order valence-electron chi connectivity index (χ4n) is 3.63. The predicted molar refractivity (Wildman–Crippen MR) is 124 cm³/mol. The van der Waals surface area contributed by atoms with E-state index in [2.05, 4.69) is 6.07 Å². The van der Waals surface area contributed by atoms with E-state index in [4.69, 9.17) is 14.6 Å². The predicted octanol–water partition coefficient (Wildman–Crippen LogP) is 6.85. The molecule has 4 aromatic rings. The first-order valence-corrected chi connectivity index (χ1v) is 10.0. The monoisotopic (exact) mass is 428 g/mol. The first kappa shape index (κ1) is 21.1. The van der Waals surface area contributed by atoms with Gasteiger partial charge in [0.25, 0.3) is 0 Å². The van der Waals surface area contributed by atoms with Gasteiger partial charge in [0.15, 0.2) is 0 Å². The summed E-state index contributed by atoms with van der Waals surface area (Å²) in [5.41, 5.74) is 3.45. The Kier molecular flexibility index (Phi) is 5.90. The summed E-state index contributed by atoms with van der Waals surface area (Å²) in [5.74, 6) is 0.693. The van der Waals surface area contributed by atoms with Crippen LogP contribution in [-0.2, 0) is 4.79 Å². The Morgan fingerprint density at radius 2 is 1.62 bits per heavy atom. The molecule has 0 saturated heterocycles. The molecule has 4 rings (SSSR count). The molecule has 32 heavy (non-hydrogen) atoms. The van der Waals surface area contributed by atoms with Gasteiger partial charge in [0.1, 0.15) is 23.1 Å². The highest BCUT2D eigenvalue weighted by atomic mass is 19.1. The number of benzene rings is 4. The van der Waals surface area contributed by atoms with Crippen molar-refractivity contribution in [1.82, 2.24) is 0 Å². The number of carboxylic acid groups (broad SMARTS) is 1. The Balaban J connectivity index is 1.84. The van der Waals surface area contributed by atoms with Gasteiger partial charge in [-0.25, -0.2) is 9.18 Å². The lowest BCUT2D eigenvalue weighted by Crippen LogP contribution is -1.94. The number of aliphatic carboxylic acids is 1. The quantitative estimate of drug-likeness (QED) is 0.341. The van der Waals surface area contributed by atoms with Gasteiger partial charge in [-0.05, 0) is 77.5 Å². The second-order valence-corrected chi connectivity index (χ2v) is 7.33. The molecule has 4 nitrogen and oxygen atoms in total. The Bertz CT molecular complexity index is 1310. The molecule has 0 heterocycles. The van der Waals surface area contributed by atoms with Gasteiger partial charge >= 0.3 is 5.97 Å². The number of aryl methyl sites for hydroxylation is 1. The van der Waals surface area contributed by atoms with E-state index in [-0.39, 0.29) is 5.82 Å². The highest BCUT2D eigenvalue weighted by molar-refractivity contribution is 5.97. The number of rotatable bonds is 6. The number of halogens is 1. The molecule has 4 aromatic carbocycles. The lowest BCUT2D eigenvalue weighted by Gasteiger charge is -2.18. The highest BCUT2D eigenvalue weighted by Crippen LogP contribution is 2.43. The molecule has 0 atom stereocenters. The zero-order valence-electron chi connectivity index (χ0n) is 17.6. The molecule has 5 heteroatoms. The number of fused-ring (bicyclic) bond motifs is 1. The molecule has 0 aliphatic heterocycles. The third-order valence-electron chi connectivity index (χ3n) is 5.15. The average molecular weight is 428 g/mol. The van der Waals surface area contributed by atoms with Crippen LogP contribution in [0, 0.1) is 12.7 Å². The van der Waals surface area contributed by atoms with Crippen molar-refractivity contribution >= 4 is 22.8 Å². The number of methoxy groups -OCH3 is 1. The van der Waals surface area contributed by atoms with Crippen molar-refractivity contribution in [2.45, 2.75) is 6.92 Å². The van der Waals surface area contributed by atoms with Crippen molar-refractivity contribution < 1.29 is 23.8 Å². The molecular weight excluding hydrogens is 407 g/mol. The summed E-state index contributed by atoms with van der Waals surface area (Å²) in [6, 6.07) is 21.3. The van der Waals surface area contributed by atoms with E-state index >= 15 is 0 Å². The summed E-state index contributed by atoms with van der Waals surface area (Å²) in [5, 5.41) is 10.7. The number of hydrogen-bond donors (Lipinski definition) is 1. The van der Waals surface area contributed by atoms with E-state index < -0.39 is 5.97 Å². The molecule has 0 spiro atoms. The Hall–Kier alpha value is -4.12. The maximum atomic E-state index is 13.5. The molecule has 1 N–H and O–H groups in total. The van der Waals surface area contributed by atoms with Gasteiger partial charge in [0, 0.05) is 17.0 Å². The van der Waals surface area contributed by atoms with Crippen LogP contribution in [0.25, 0.3) is 28.0 Å². The van der Waals surface area contributed by atoms with Crippen molar-refractivity contribution in [3.05, 3.63) is 95.8 Å². The Morgan fingerprint density at radius 1 is 0.938 bits per heavy atom. The maximum absolute atomic E-state index is 13.5. The van der Waals surface area contributed by atoms with Crippen LogP contribution in [0.2, 0.25) is 0 Å². The number of carbonyl (C=O) groups is 1. The van der Waals surface area contributed by atoms with Crippen LogP contribution in [0.4, 0.5) is 4.39 Å². The molecule has 0 amide bonds. The van der Waals surface area contributed by atoms with Gasteiger partial charge in [-0.15, -0.1) is 0 Å². The van der Waals surface area contributed by atoms with Crippen LogP contribution in [0.5, 0.6) is 17.2 Å². The number of ether oxygens (including phenoxy) is 2. The van der Waals surface area contributed by atoms with Crippen molar-refractivity contribution in [1.29, 1.82) is 0 Å². The molecule has 0 radical (unpaired) electrons. The third kappa shape index (κ3) is 4.47. The van der Waals surface area contributed by atoms with Gasteiger partial charge in [-0.1, -0.05) is 30.3 Å². The lowest BCUT2D eigenvalue weighted by molar-refractivity contribution is -0.131. The molecule has 0 aliphatic carbocycles. The molecular formula is C27H21FO4. The third-order valence-corrected chi connectivity index (χ3v) is 5.15. The normalized spacial score (nSPS) is 11.1. The molecule has 160 valence electrons. The summed E-state index contributed by atoms with van der Waals surface area (Å²) in [6.07, 6.45) is 2.61. The van der Waals surface area contributed by atoms with Crippen molar-refractivity contribution in [3.63, 3.8) is 0 Å². The van der Waals surface area contributed by atoms with Gasteiger partial charge in [-0.3, -0.25) is 0 Å². The summed E-state index contributed by atoms with van der Waals surface area (Å²) in [7, 11) is 1.62. The minimum absolute atomic E-state index is 0.301. The lowest BCUT2D eigenvalue weighted by atomic mass is 9.94. The van der Waals surface area contributed by atoms with Crippen molar-refractivity contribution in [2.75, 3.05) is 7.11 Å². The molecule has 0 bridgehead atoms. The van der Waals surface area contributed by atoms with Crippen LogP contribution >= 0.6 is 0 Å². The summed E-state index contributed by atoms with van der Waals surface area (Å²) < 4.78 is 25.3. The minimum Gasteiger partial charge on any atom is -0.497 e. The van der Waals surface area contributed by atoms with Gasteiger partial charge < -0.3 is 14.6 Å². The van der Waals surface area contributed by atoms with E-state index in [9.17, 15) is 9.18 Å². The topological polar surface area (TPSA) is 55.8 Å². The van der Waals surface area contributed by atoms with E-state index in [1.165, 1.54) is 18.2 Å². The smallest absolute Gasteiger partial charge is 0.328 e. The first-order chi connectivity index (χ1) is 15.4. The zero-order chi connectivity index (χ0) is 22.7. The van der Waals surface area contributed by atoms with Crippen molar-refractivity contribution in [3.8, 4) is 28.4 Å². The summed E-state index contributed by atoms with van der Waals surface area (Å²) in [6.45, 7) is 1.99. The fourth-order valence-corrected chi connectivity index (χ4v) is 3.63. The van der Waals surface area contributed by atoms with E-state index in [0.717, 1.165) is 44.9 Å². The average Bonchev–Trinajstić information content (AvgIpc) is 2.79. The zero-order valence-corrected chi connectivity index (χ0v) is 17.6.